The van der Waals surface area contributed by atoms with E-state index in [0.717, 1.165) is 5.56 Å². The molecule has 1 atom stereocenters. The normalized spacial score (nSPS) is 11.8. The van der Waals surface area contributed by atoms with E-state index in [4.69, 9.17) is 17.3 Å². The van der Waals surface area contributed by atoms with Crippen molar-refractivity contribution in [3.05, 3.63) is 65.2 Å². The van der Waals surface area contributed by atoms with Crippen molar-refractivity contribution >= 4 is 23.2 Å². The minimum absolute atomic E-state index is 0.443. The first-order valence-electron chi connectivity index (χ1n) is 5.54. The van der Waals surface area contributed by atoms with Gasteiger partial charge in [-0.2, -0.15) is 0 Å². The zero-order valence-corrected chi connectivity index (χ0v) is 10.4. The lowest BCUT2D eigenvalue weighted by molar-refractivity contribution is -0.118. The second-order valence-corrected chi connectivity index (χ2v) is 4.28. The fourth-order valence-corrected chi connectivity index (χ4v) is 1.89. The molecule has 0 saturated carbocycles. The van der Waals surface area contributed by atoms with E-state index >= 15 is 0 Å². The number of anilines is 1. The number of hydrogen-bond acceptors (Lipinski definition) is 2. The number of nitrogens with two attached hydrogens (primary N) is 1. The van der Waals surface area contributed by atoms with Gasteiger partial charge in [-0.25, -0.2) is 0 Å². The van der Waals surface area contributed by atoms with Crippen LogP contribution < -0.4 is 11.1 Å². The molecule has 92 valence electrons. The molecule has 0 saturated heterocycles. The Bertz CT molecular complexity index is 543. The van der Waals surface area contributed by atoms with Crippen LogP contribution in [-0.4, -0.2) is 5.91 Å². The van der Waals surface area contributed by atoms with Crippen LogP contribution in [0.5, 0.6) is 0 Å². The molecule has 0 aliphatic heterocycles. The van der Waals surface area contributed by atoms with Crippen molar-refractivity contribution in [2.24, 2.45) is 5.73 Å². The molecule has 1 amide bonds. The van der Waals surface area contributed by atoms with Crippen molar-refractivity contribution < 1.29 is 4.79 Å². The third-order valence-corrected chi connectivity index (χ3v) is 2.92. The number of nitrogens with one attached hydrogen (secondary N) is 1. The first kappa shape index (κ1) is 12.5. The van der Waals surface area contributed by atoms with E-state index in [1.54, 1.807) is 12.1 Å². The molecule has 1 unspecified atom stereocenters. The van der Waals surface area contributed by atoms with Gasteiger partial charge in [0.25, 0.3) is 0 Å². The monoisotopic (exact) mass is 260 g/mol. The van der Waals surface area contributed by atoms with Crippen LogP contribution >= 0.6 is 11.6 Å². The highest BCUT2D eigenvalue weighted by molar-refractivity contribution is 6.33. The van der Waals surface area contributed by atoms with Gasteiger partial charge in [-0.15, -0.1) is 0 Å². The molecule has 0 bridgehead atoms. The van der Waals surface area contributed by atoms with E-state index in [-0.39, 0.29) is 0 Å². The topological polar surface area (TPSA) is 55.1 Å². The van der Waals surface area contributed by atoms with Crippen LogP contribution in [0, 0.1) is 0 Å². The molecule has 0 aliphatic rings. The Balaban J connectivity index is 2.28. The molecule has 2 aromatic carbocycles. The number of benzene rings is 2. The van der Waals surface area contributed by atoms with Crippen molar-refractivity contribution in [1.82, 2.24) is 0 Å². The molecule has 2 aromatic rings. The second-order valence-electron chi connectivity index (χ2n) is 3.87. The first-order valence-corrected chi connectivity index (χ1v) is 5.91. The van der Waals surface area contributed by atoms with E-state index in [1.807, 2.05) is 42.5 Å². The summed E-state index contributed by atoms with van der Waals surface area (Å²) < 4.78 is 0. The van der Waals surface area contributed by atoms with Crippen molar-refractivity contribution in [2.75, 3.05) is 5.32 Å². The van der Waals surface area contributed by atoms with Gasteiger partial charge in [-0.05, 0) is 17.7 Å². The van der Waals surface area contributed by atoms with Gasteiger partial charge in [0.05, 0.1) is 10.7 Å². The van der Waals surface area contributed by atoms with Crippen molar-refractivity contribution in [3.8, 4) is 0 Å². The van der Waals surface area contributed by atoms with E-state index in [0.29, 0.717) is 10.7 Å². The highest BCUT2D eigenvalue weighted by atomic mass is 35.5. The molecule has 0 spiro atoms. The van der Waals surface area contributed by atoms with Gasteiger partial charge in [0.2, 0.25) is 5.91 Å². The maximum absolute atomic E-state index is 11.5. The molecule has 0 aliphatic carbocycles. The number of rotatable bonds is 4. The third-order valence-electron chi connectivity index (χ3n) is 2.59. The highest BCUT2D eigenvalue weighted by Gasteiger charge is 2.17. The summed E-state index contributed by atoms with van der Waals surface area (Å²) in [5, 5.41) is 3.61. The Morgan fingerprint density at radius 2 is 1.67 bits per heavy atom. The zero-order valence-electron chi connectivity index (χ0n) is 9.64. The number of primary amides is 1. The molecule has 3 N–H and O–H groups in total. The molecule has 0 heterocycles. The highest BCUT2D eigenvalue weighted by Crippen LogP contribution is 2.25. The summed E-state index contributed by atoms with van der Waals surface area (Å²) >= 11 is 6.05. The number of carbonyl (C=O) groups excluding carboxylic acids is 1. The molecule has 2 rings (SSSR count). The van der Waals surface area contributed by atoms with Crippen molar-refractivity contribution in [1.29, 1.82) is 0 Å². The Morgan fingerprint density at radius 1 is 1.06 bits per heavy atom. The molecule has 0 aromatic heterocycles. The Morgan fingerprint density at radius 3 is 2.28 bits per heavy atom. The zero-order chi connectivity index (χ0) is 13.0. The summed E-state index contributed by atoms with van der Waals surface area (Å²) in [4.78, 5) is 11.5. The van der Waals surface area contributed by atoms with Gasteiger partial charge in [0.1, 0.15) is 6.04 Å². The predicted molar refractivity (Wildman–Crippen MR) is 73.5 cm³/mol. The van der Waals surface area contributed by atoms with E-state index in [2.05, 4.69) is 5.32 Å². The van der Waals surface area contributed by atoms with Crippen molar-refractivity contribution in [3.63, 3.8) is 0 Å². The van der Waals surface area contributed by atoms with Crippen LogP contribution in [0.15, 0.2) is 54.6 Å². The second kappa shape index (κ2) is 5.56. The summed E-state index contributed by atoms with van der Waals surface area (Å²) in [6.45, 7) is 0. The average molecular weight is 261 g/mol. The van der Waals surface area contributed by atoms with Gasteiger partial charge in [-0.3, -0.25) is 4.79 Å². The number of halogens is 1. The van der Waals surface area contributed by atoms with Gasteiger partial charge < -0.3 is 11.1 Å². The minimum Gasteiger partial charge on any atom is -0.369 e. The largest absolute Gasteiger partial charge is 0.369 e. The van der Waals surface area contributed by atoms with Gasteiger partial charge in [-0.1, -0.05) is 54.1 Å². The molecular formula is C14H13ClN2O. The van der Waals surface area contributed by atoms with Gasteiger partial charge >= 0.3 is 0 Å². The third kappa shape index (κ3) is 2.81. The Hall–Kier alpha value is -2.00. The Kier molecular flexibility index (Phi) is 3.85. The van der Waals surface area contributed by atoms with Crippen LogP contribution in [0.4, 0.5) is 5.69 Å². The lowest BCUT2D eigenvalue weighted by Crippen LogP contribution is -2.27. The standard InChI is InChI=1S/C14H13ClN2O/c15-11-8-4-5-9-12(11)17-13(14(16)18)10-6-2-1-3-7-10/h1-9,13,17H,(H2,16,18). The molecule has 4 heteroatoms. The smallest absolute Gasteiger partial charge is 0.244 e. The lowest BCUT2D eigenvalue weighted by atomic mass is 10.1. The molecule has 0 fully saturated rings. The minimum atomic E-state index is -0.592. The lowest BCUT2D eigenvalue weighted by Gasteiger charge is -2.17. The van der Waals surface area contributed by atoms with Crippen LogP contribution in [0.2, 0.25) is 5.02 Å². The van der Waals surface area contributed by atoms with Crippen LogP contribution in [0.25, 0.3) is 0 Å². The number of carbonyl (C=O) groups is 1. The number of amides is 1. The fraction of sp³-hybridized carbons (Fsp3) is 0.0714. The van der Waals surface area contributed by atoms with E-state index < -0.39 is 11.9 Å². The molecule has 0 radical (unpaired) electrons. The first-order chi connectivity index (χ1) is 8.68. The maximum Gasteiger partial charge on any atom is 0.244 e. The molecular weight excluding hydrogens is 248 g/mol. The van der Waals surface area contributed by atoms with Crippen LogP contribution in [-0.2, 0) is 4.79 Å². The maximum atomic E-state index is 11.5. The number of hydrogen-bond donors (Lipinski definition) is 2. The number of para-hydroxylation sites is 1. The average Bonchev–Trinajstić information content (AvgIpc) is 2.38. The summed E-state index contributed by atoms with van der Waals surface area (Å²) in [7, 11) is 0. The summed E-state index contributed by atoms with van der Waals surface area (Å²) in [6, 6.07) is 15.9. The van der Waals surface area contributed by atoms with Crippen molar-refractivity contribution in [2.45, 2.75) is 6.04 Å². The van der Waals surface area contributed by atoms with E-state index in [9.17, 15) is 4.79 Å². The van der Waals surface area contributed by atoms with Gasteiger partial charge in [0.15, 0.2) is 0 Å². The van der Waals surface area contributed by atoms with Crippen LogP contribution in [0.3, 0.4) is 0 Å². The summed E-state index contributed by atoms with van der Waals surface area (Å²) in [5.74, 6) is -0.443. The molecule has 18 heavy (non-hydrogen) atoms. The quantitative estimate of drug-likeness (QED) is 0.888. The van der Waals surface area contributed by atoms with E-state index in [1.165, 1.54) is 0 Å². The summed E-state index contributed by atoms with van der Waals surface area (Å²) in [6.07, 6.45) is 0. The molecule has 3 nitrogen and oxygen atoms in total. The fourth-order valence-electron chi connectivity index (χ4n) is 1.70. The SMILES string of the molecule is NC(=O)C(Nc1ccccc1Cl)c1ccccc1. The predicted octanol–water partition coefficient (Wildman–Crippen LogP) is 2.98. The van der Waals surface area contributed by atoms with Crippen LogP contribution in [0.1, 0.15) is 11.6 Å². The summed E-state index contributed by atoms with van der Waals surface area (Å²) in [5.41, 5.74) is 6.92. The van der Waals surface area contributed by atoms with Gasteiger partial charge in [0, 0.05) is 0 Å². The Labute approximate surface area is 111 Å².